The van der Waals surface area contributed by atoms with Crippen molar-refractivity contribution in [2.75, 3.05) is 19.8 Å². The summed E-state index contributed by atoms with van der Waals surface area (Å²) in [6.45, 7) is 5.96. The van der Waals surface area contributed by atoms with Crippen molar-refractivity contribution in [3.05, 3.63) is 84.2 Å². The molecule has 1 aliphatic rings. The molecular formula is C33H28F2N6O3S. The molecule has 4 aromatic heterocycles. The summed E-state index contributed by atoms with van der Waals surface area (Å²) >= 11 is 1.40. The first-order valence-electron chi connectivity index (χ1n) is 14.4. The number of rotatable bonds is 7. The highest BCUT2D eigenvalue weighted by Crippen LogP contribution is 2.47. The highest BCUT2D eigenvalue weighted by atomic mass is 32.1. The Morgan fingerprint density at radius 1 is 1.16 bits per heavy atom. The molecule has 0 aliphatic carbocycles. The van der Waals surface area contributed by atoms with Crippen molar-refractivity contribution in [2.24, 2.45) is 7.05 Å². The average molecular weight is 627 g/mol. The van der Waals surface area contributed by atoms with Gasteiger partial charge >= 0.3 is 0 Å². The fourth-order valence-corrected chi connectivity index (χ4v) is 6.99. The van der Waals surface area contributed by atoms with Crippen LogP contribution in [0, 0.1) is 11.6 Å². The Kier molecular flexibility index (Phi) is 7.17. The molecule has 1 aliphatic heterocycles. The molecule has 0 radical (unpaired) electrons. The van der Waals surface area contributed by atoms with Crippen LogP contribution in [0.2, 0.25) is 0 Å². The quantitative estimate of drug-likeness (QED) is 0.215. The Hall–Kier alpha value is -4.94. The molecule has 9 nitrogen and oxygen atoms in total. The molecule has 6 aromatic rings. The minimum Gasteiger partial charge on any atom is -0.490 e. The number of thiophene rings is 1. The topological polar surface area (TPSA) is 98.3 Å². The van der Waals surface area contributed by atoms with E-state index in [-0.39, 0.29) is 36.5 Å². The molecule has 1 atom stereocenters. The molecule has 5 heterocycles. The van der Waals surface area contributed by atoms with Crippen LogP contribution in [0.25, 0.3) is 54.9 Å². The van der Waals surface area contributed by atoms with Gasteiger partial charge in [0.2, 0.25) is 5.91 Å². The number of aliphatic hydroxyl groups is 1. The van der Waals surface area contributed by atoms with E-state index in [4.69, 9.17) is 14.8 Å². The number of imidazole rings is 1. The van der Waals surface area contributed by atoms with Crippen molar-refractivity contribution in [1.29, 1.82) is 0 Å². The molecule has 12 heteroatoms. The third kappa shape index (κ3) is 4.77. The van der Waals surface area contributed by atoms with Crippen LogP contribution in [0.3, 0.4) is 0 Å². The van der Waals surface area contributed by atoms with Crippen LogP contribution in [0.4, 0.5) is 8.78 Å². The van der Waals surface area contributed by atoms with E-state index in [1.165, 1.54) is 17.4 Å². The van der Waals surface area contributed by atoms with Gasteiger partial charge in [0.1, 0.15) is 35.4 Å². The van der Waals surface area contributed by atoms with Crippen molar-refractivity contribution in [1.82, 2.24) is 29.2 Å². The van der Waals surface area contributed by atoms with Gasteiger partial charge in [0.15, 0.2) is 0 Å². The molecule has 0 bridgehead atoms. The largest absolute Gasteiger partial charge is 0.490 e. The number of carbonyl (C=O) groups is 1. The van der Waals surface area contributed by atoms with Gasteiger partial charge in [-0.15, -0.1) is 11.3 Å². The van der Waals surface area contributed by atoms with Gasteiger partial charge in [-0.1, -0.05) is 12.6 Å². The van der Waals surface area contributed by atoms with Crippen LogP contribution in [0.5, 0.6) is 5.75 Å². The van der Waals surface area contributed by atoms with Crippen molar-refractivity contribution in [2.45, 2.75) is 19.5 Å². The zero-order chi connectivity index (χ0) is 31.4. The molecule has 0 fully saturated rings. The number of carbonyl (C=O) groups excluding carboxylic acids is 1. The summed E-state index contributed by atoms with van der Waals surface area (Å²) in [6.07, 6.45) is 3.04. The Labute approximate surface area is 260 Å². The highest BCUT2D eigenvalue weighted by molar-refractivity contribution is 7.18. The van der Waals surface area contributed by atoms with E-state index >= 15 is 4.39 Å². The standard InChI is InChI=1S/C33H28F2N6O3S/c1-4-28(43)40-8-9-41-26(18(40)2)16-24(38-41)32-30(29-22(35)14-20(34)15-27(29)44-11-10-42)33-21(7-12-45-33)31(37-32)19-5-6-25-23(13-19)36-17-39(25)3/h4-7,12-18,42H,1,8-11H2,2-3H3/t18-/m0/s1. The van der Waals surface area contributed by atoms with E-state index < -0.39 is 11.6 Å². The second-order valence-corrected chi connectivity index (χ2v) is 11.7. The predicted molar refractivity (Wildman–Crippen MR) is 169 cm³/mol. The Bertz CT molecular complexity index is 2130. The molecule has 45 heavy (non-hydrogen) atoms. The molecule has 0 unspecified atom stereocenters. The maximum atomic E-state index is 15.9. The number of fused-ring (bicyclic) bond motifs is 3. The fraction of sp³-hybridized carbons (Fsp3) is 0.212. The molecule has 2 aromatic carbocycles. The van der Waals surface area contributed by atoms with Gasteiger partial charge in [0, 0.05) is 46.9 Å². The normalized spacial score (nSPS) is 14.7. The summed E-state index contributed by atoms with van der Waals surface area (Å²) < 4.78 is 40.6. The molecule has 7 rings (SSSR count). The van der Waals surface area contributed by atoms with Gasteiger partial charge in [-0.25, -0.2) is 18.7 Å². The smallest absolute Gasteiger partial charge is 0.246 e. The molecule has 1 N–H and O–H groups in total. The van der Waals surface area contributed by atoms with Gasteiger partial charge in [0.05, 0.1) is 53.5 Å². The van der Waals surface area contributed by atoms with Crippen molar-refractivity contribution in [3.63, 3.8) is 0 Å². The van der Waals surface area contributed by atoms with Crippen molar-refractivity contribution >= 4 is 38.4 Å². The first kappa shape index (κ1) is 28.8. The predicted octanol–water partition coefficient (Wildman–Crippen LogP) is 6.12. The number of amides is 1. The van der Waals surface area contributed by atoms with Gasteiger partial charge in [-0.3, -0.25) is 9.48 Å². The zero-order valence-corrected chi connectivity index (χ0v) is 25.3. The number of aliphatic hydroxyl groups excluding tert-OH is 1. The van der Waals surface area contributed by atoms with E-state index in [1.807, 2.05) is 58.9 Å². The number of benzene rings is 2. The summed E-state index contributed by atoms with van der Waals surface area (Å²) in [5, 5.41) is 17.0. The lowest BCUT2D eigenvalue weighted by Gasteiger charge is -2.33. The SMILES string of the molecule is C=CC(=O)N1CCn2nc(-c3nc(-c4ccc5c(c4)ncn5C)c4ccsc4c3-c3c(F)cc(F)cc3OCCO)cc2[C@@H]1C. The van der Waals surface area contributed by atoms with E-state index in [2.05, 4.69) is 11.6 Å². The second-order valence-electron chi connectivity index (χ2n) is 10.8. The van der Waals surface area contributed by atoms with Crippen LogP contribution in [-0.2, 0) is 18.4 Å². The average Bonchev–Trinajstić information content (AvgIpc) is 3.78. The number of aromatic nitrogens is 5. The number of aryl methyl sites for hydroxylation is 1. The lowest BCUT2D eigenvalue weighted by atomic mass is 9.96. The van der Waals surface area contributed by atoms with Crippen LogP contribution < -0.4 is 4.74 Å². The molecular weight excluding hydrogens is 598 g/mol. The number of hydrogen-bond acceptors (Lipinski definition) is 7. The van der Waals surface area contributed by atoms with Crippen LogP contribution in [-0.4, -0.2) is 60.0 Å². The fourth-order valence-electron chi connectivity index (χ4n) is 6.04. The summed E-state index contributed by atoms with van der Waals surface area (Å²) in [6, 6.07) is 11.3. The first-order valence-corrected chi connectivity index (χ1v) is 15.2. The molecule has 228 valence electrons. The third-order valence-corrected chi connectivity index (χ3v) is 9.12. The number of hydrogen-bond donors (Lipinski definition) is 1. The number of pyridine rings is 1. The summed E-state index contributed by atoms with van der Waals surface area (Å²) in [4.78, 5) is 24.0. The van der Waals surface area contributed by atoms with E-state index in [0.29, 0.717) is 40.4 Å². The Morgan fingerprint density at radius 2 is 2.00 bits per heavy atom. The van der Waals surface area contributed by atoms with Gasteiger partial charge in [0.25, 0.3) is 0 Å². The number of ether oxygens (including phenoxy) is 1. The lowest BCUT2D eigenvalue weighted by Crippen LogP contribution is -2.40. The minimum atomic E-state index is -0.830. The molecule has 0 saturated carbocycles. The van der Waals surface area contributed by atoms with E-state index in [0.717, 1.165) is 39.8 Å². The third-order valence-electron chi connectivity index (χ3n) is 8.18. The summed E-state index contributed by atoms with van der Waals surface area (Å²) in [5.41, 5.74) is 5.28. The van der Waals surface area contributed by atoms with Crippen LogP contribution in [0.1, 0.15) is 18.7 Å². The Balaban J connectivity index is 1.52. The number of nitrogens with zero attached hydrogens (tertiary/aromatic N) is 6. The lowest BCUT2D eigenvalue weighted by molar-refractivity contribution is -0.129. The van der Waals surface area contributed by atoms with Gasteiger partial charge in [-0.2, -0.15) is 5.10 Å². The summed E-state index contributed by atoms with van der Waals surface area (Å²) in [5.74, 6) is -1.87. The first-order chi connectivity index (χ1) is 21.8. The van der Waals surface area contributed by atoms with E-state index in [1.54, 1.807) is 11.2 Å². The maximum absolute atomic E-state index is 15.9. The highest BCUT2D eigenvalue weighted by Gasteiger charge is 2.31. The maximum Gasteiger partial charge on any atom is 0.246 e. The monoisotopic (exact) mass is 626 g/mol. The summed E-state index contributed by atoms with van der Waals surface area (Å²) in [7, 11) is 1.93. The van der Waals surface area contributed by atoms with Gasteiger partial charge < -0.3 is 19.3 Å². The number of halogens is 2. The van der Waals surface area contributed by atoms with E-state index in [9.17, 15) is 14.3 Å². The second kappa shape index (κ2) is 11.2. The molecule has 1 amide bonds. The van der Waals surface area contributed by atoms with Crippen LogP contribution >= 0.6 is 11.3 Å². The van der Waals surface area contributed by atoms with Gasteiger partial charge in [-0.05, 0) is 42.6 Å². The molecule has 0 saturated heterocycles. The van der Waals surface area contributed by atoms with Crippen LogP contribution in [0.15, 0.2) is 66.8 Å². The Morgan fingerprint density at radius 3 is 2.80 bits per heavy atom. The van der Waals surface area contributed by atoms with Crippen molar-refractivity contribution < 1.29 is 23.4 Å². The zero-order valence-electron chi connectivity index (χ0n) is 24.5. The minimum absolute atomic E-state index is 0.0222. The van der Waals surface area contributed by atoms with Crippen molar-refractivity contribution in [3.8, 4) is 39.5 Å². The molecule has 0 spiro atoms.